The fourth-order valence-electron chi connectivity index (χ4n) is 1.87. The van der Waals surface area contributed by atoms with Crippen LogP contribution in [0.2, 0.25) is 0 Å². The van der Waals surface area contributed by atoms with Crippen molar-refractivity contribution in [1.82, 2.24) is 0 Å². The first-order valence-corrected chi connectivity index (χ1v) is 8.64. The molecule has 3 atom stereocenters. The lowest BCUT2D eigenvalue weighted by atomic mass is 9.93. The average Bonchev–Trinajstić information content (AvgIpc) is 2.60. The molecule has 26 heavy (non-hydrogen) atoms. The van der Waals surface area contributed by atoms with Crippen LogP contribution in [0.15, 0.2) is 18.2 Å². The normalized spacial score (nSPS) is 15.5. The van der Waals surface area contributed by atoms with E-state index in [1.165, 1.54) is 25.1 Å². The third-order valence-electron chi connectivity index (χ3n) is 4.44. The monoisotopic (exact) mass is 365 g/mol. The summed E-state index contributed by atoms with van der Waals surface area (Å²) < 4.78 is 10.7. The fourth-order valence-corrected chi connectivity index (χ4v) is 1.87. The van der Waals surface area contributed by atoms with Crippen LogP contribution in [0.4, 0.5) is 0 Å². The number of aliphatic carboxylic acids is 1. The summed E-state index contributed by atoms with van der Waals surface area (Å²) >= 11 is 0. The molecule has 0 saturated heterocycles. The van der Waals surface area contributed by atoms with Crippen molar-refractivity contribution >= 4 is 17.9 Å². The zero-order valence-electron chi connectivity index (χ0n) is 15.9. The molecule has 2 unspecified atom stereocenters. The van der Waals surface area contributed by atoms with Gasteiger partial charge in [0, 0.05) is 0 Å². The summed E-state index contributed by atoms with van der Waals surface area (Å²) in [4.78, 5) is 35.6. The van der Waals surface area contributed by atoms with Crippen molar-refractivity contribution in [1.29, 1.82) is 0 Å². The lowest BCUT2D eigenvalue weighted by Crippen LogP contribution is -2.41. The van der Waals surface area contributed by atoms with Crippen LogP contribution in [-0.4, -0.2) is 23.0 Å². The molecular formula is C19H27NO6. The third-order valence-corrected chi connectivity index (χ3v) is 4.44. The molecule has 7 heteroatoms. The van der Waals surface area contributed by atoms with Crippen LogP contribution in [-0.2, 0) is 19.9 Å². The maximum absolute atomic E-state index is 12.2. The first-order chi connectivity index (χ1) is 12.0. The Morgan fingerprint density at radius 2 is 1.50 bits per heavy atom. The van der Waals surface area contributed by atoms with Gasteiger partial charge in [-0.25, -0.2) is 4.79 Å². The number of hydrogen-bond acceptors (Lipinski definition) is 6. The van der Waals surface area contributed by atoms with Crippen LogP contribution in [0.3, 0.4) is 0 Å². The minimum Gasteiger partial charge on any atom is -0.480 e. The molecule has 0 heterocycles. The predicted molar refractivity (Wildman–Crippen MR) is 95.8 cm³/mol. The minimum absolute atomic E-state index is 0.0256. The maximum atomic E-state index is 12.2. The standard InChI is InChI=1S/C19H27NO6/c1-6-11(3)16(21)25-14-9-8-13(19(5,20)18(23)24)10-15(14)26-17(22)12(4)7-2/h8-12H,6-7,20H2,1-5H3,(H,23,24)/t11?,12?,19-/m0/s1. The van der Waals surface area contributed by atoms with Crippen LogP contribution in [0, 0.1) is 11.8 Å². The summed E-state index contributed by atoms with van der Waals surface area (Å²) in [7, 11) is 0. The third kappa shape index (κ3) is 5.05. The van der Waals surface area contributed by atoms with E-state index < -0.39 is 23.4 Å². The Kier molecular flexibility index (Phi) is 7.32. The van der Waals surface area contributed by atoms with Crippen molar-refractivity contribution in [3.63, 3.8) is 0 Å². The van der Waals surface area contributed by atoms with Crippen molar-refractivity contribution in [2.24, 2.45) is 17.6 Å². The molecule has 0 bridgehead atoms. The van der Waals surface area contributed by atoms with Crippen molar-refractivity contribution in [3.8, 4) is 11.5 Å². The van der Waals surface area contributed by atoms with Gasteiger partial charge in [0.25, 0.3) is 0 Å². The van der Waals surface area contributed by atoms with Gasteiger partial charge in [0.15, 0.2) is 11.5 Å². The van der Waals surface area contributed by atoms with Gasteiger partial charge in [0.1, 0.15) is 5.54 Å². The summed E-state index contributed by atoms with van der Waals surface area (Å²) in [5, 5.41) is 9.30. The van der Waals surface area contributed by atoms with Crippen LogP contribution in [0.1, 0.15) is 53.0 Å². The molecule has 0 radical (unpaired) electrons. The summed E-state index contributed by atoms with van der Waals surface area (Å²) in [6.45, 7) is 8.46. The van der Waals surface area contributed by atoms with E-state index in [1.807, 2.05) is 13.8 Å². The van der Waals surface area contributed by atoms with Gasteiger partial charge in [-0.05, 0) is 37.5 Å². The summed E-state index contributed by atoms with van der Waals surface area (Å²) in [5.74, 6) is -2.86. The SMILES string of the molecule is CCC(C)C(=O)Oc1ccc([C@](C)(N)C(=O)O)cc1OC(=O)C(C)CC. The second-order valence-corrected chi connectivity index (χ2v) is 6.63. The van der Waals surface area contributed by atoms with Crippen LogP contribution < -0.4 is 15.2 Å². The fraction of sp³-hybridized carbons (Fsp3) is 0.526. The van der Waals surface area contributed by atoms with E-state index in [0.29, 0.717) is 12.8 Å². The average molecular weight is 365 g/mol. The number of hydrogen-bond donors (Lipinski definition) is 2. The number of ether oxygens (including phenoxy) is 2. The maximum Gasteiger partial charge on any atom is 0.328 e. The number of benzene rings is 1. The summed E-state index contributed by atoms with van der Waals surface area (Å²) in [6.07, 6.45) is 1.17. The molecule has 0 saturated carbocycles. The van der Waals surface area contributed by atoms with E-state index in [-0.39, 0.29) is 28.9 Å². The molecule has 0 aromatic heterocycles. The van der Waals surface area contributed by atoms with Gasteiger partial charge in [0.2, 0.25) is 0 Å². The highest BCUT2D eigenvalue weighted by atomic mass is 16.6. The van der Waals surface area contributed by atoms with E-state index in [1.54, 1.807) is 13.8 Å². The summed E-state index contributed by atoms with van der Waals surface area (Å²) in [5.41, 5.74) is 4.38. The van der Waals surface area contributed by atoms with Gasteiger partial charge in [-0.1, -0.05) is 33.8 Å². The van der Waals surface area contributed by atoms with E-state index >= 15 is 0 Å². The van der Waals surface area contributed by atoms with Crippen LogP contribution in [0.25, 0.3) is 0 Å². The van der Waals surface area contributed by atoms with Crippen LogP contribution >= 0.6 is 0 Å². The highest BCUT2D eigenvalue weighted by Gasteiger charge is 2.32. The number of carboxylic acids is 1. The molecule has 144 valence electrons. The van der Waals surface area contributed by atoms with Gasteiger partial charge in [-0.3, -0.25) is 9.59 Å². The van der Waals surface area contributed by atoms with Gasteiger partial charge in [-0.2, -0.15) is 0 Å². The predicted octanol–water partition coefficient (Wildman–Crippen LogP) is 2.85. The molecule has 1 aromatic rings. The van der Waals surface area contributed by atoms with Gasteiger partial charge in [0.05, 0.1) is 11.8 Å². The molecule has 1 rings (SSSR count). The number of carboxylic acid groups (broad SMARTS) is 1. The van der Waals surface area contributed by atoms with Crippen molar-refractivity contribution in [2.75, 3.05) is 0 Å². The highest BCUT2D eigenvalue weighted by molar-refractivity contribution is 5.82. The molecule has 0 aliphatic heterocycles. The highest BCUT2D eigenvalue weighted by Crippen LogP contribution is 2.33. The quantitative estimate of drug-likeness (QED) is 0.537. The molecule has 0 spiro atoms. The Morgan fingerprint density at radius 1 is 1.04 bits per heavy atom. The van der Waals surface area contributed by atoms with Crippen molar-refractivity contribution < 1.29 is 29.0 Å². The van der Waals surface area contributed by atoms with E-state index in [4.69, 9.17) is 15.2 Å². The topological polar surface area (TPSA) is 116 Å². The Hall–Kier alpha value is -2.41. The second-order valence-electron chi connectivity index (χ2n) is 6.63. The Labute approximate surface area is 153 Å². The number of nitrogens with two attached hydrogens (primary N) is 1. The van der Waals surface area contributed by atoms with Crippen molar-refractivity contribution in [2.45, 2.75) is 53.0 Å². The first-order valence-electron chi connectivity index (χ1n) is 8.64. The summed E-state index contributed by atoms with van der Waals surface area (Å²) in [6, 6.07) is 4.16. The minimum atomic E-state index is -1.68. The molecule has 0 aliphatic rings. The van der Waals surface area contributed by atoms with Gasteiger partial charge in [-0.15, -0.1) is 0 Å². The number of carbonyl (C=O) groups excluding carboxylic acids is 2. The largest absolute Gasteiger partial charge is 0.480 e. The number of carbonyl (C=O) groups is 3. The lowest BCUT2D eigenvalue weighted by molar-refractivity contribution is -0.143. The molecule has 0 amide bonds. The molecule has 3 N–H and O–H groups in total. The Morgan fingerprint density at radius 3 is 1.92 bits per heavy atom. The zero-order valence-corrected chi connectivity index (χ0v) is 15.9. The number of rotatable bonds is 8. The molecule has 7 nitrogen and oxygen atoms in total. The molecular weight excluding hydrogens is 338 g/mol. The van der Waals surface area contributed by atoms with E-state index in [9.17, 15) is 19.5 Å². The number of esters is 2. The zero-order chi connectivity index (χ0) is 20.1. The lowest BCUT2D eigenvalue weighted by Gasteiger charge is -2.22. The van der Waals surface area contributed by atoms with Crippen molar-refractivity contribution in [3.05, 3.63) is 23.8 Å². The smallest absolute Gasteiger partial charge is 0.328 e. The molecule has 1 aromatic carbocycles. The first kappa shape index (κ1) is 21.6. The Bertz CT molecular complexity index is 683. The molecule has 0 aliphatic carbocycles. The Balaban J connectivity index is 3.29. The van der Waals surface area contributed by atoms with Crippen LogP contribution in [0.5, 0.6) is 11.5 Å². The van der Waals surface area contributed by atoms with E-state index in [2.05, 4.69) is 0 Å². The van der Waals surface area contributed by atoms with E-state index in [0.717, 1.165) is 0 Å². The molecule has 0 fully saturated rings. The van der Waals surface area contributed by atoms with Gasteiger partial charge < -0.3 is 20.3 Å². The van der Waals surface area contributed by atoms with Gasteiger partial charge >= 0.3 is 17.9 Å². The second kappa shape index (κ2) is 8.80.